The van der Waals surface area contributed by atoms with Gasteiger partial charge in [0.15, 0.2) is 0 Å². The Hall–Kier alpha value is -0.570. The second-order valence-electron chi connectivity index (χ2n) is 2.20. The van der Waals surface area contributed by atoms with Crippen molar-refractivity contribution in [3.63, 3.8) is 0 Å². The molecule has 0 saturated carbocycles. The monoisotopic (exact) mass is 146 g/mol. The molecule has 3 nitrogen and oxygen atoms in total. The zero-order chi connectivity index (χ0) is 7.98. The standard InChI is InChI=1S/C7H14O3/c1-3-10-6(2)4-5-7(8)9/h6H,3-5H2,1-2H3,(H,8,9). The highest BCUT2D eigenvalue weighted by Crippen LogP contribution is 2.00. The third kappa shape index (κ3) is 5.56. The van der Waals surface area contributed by atoms with Crippen molar-refractivity contribution in [1.82, 2.24) is 0 Å². The quantitative estimate of drug-likeness (QED) is 0.635. The molecule has 0 amide bonds. The maximum atomic E-state index is 10.1. The molecule has 0 aliphatic carbocycles. The van der Waals surface area contributed by atoms with Crippen molar-refractivity contribution in [2.45, 2.75) is 32.8 Å². The Bertz CT molecular complexity index is 101. The number of aliphatic carboxylic acids is 1. The van der Waals surface area contributed by atoms with Crippen LogP contribution in [0.15, 0.2) is 0 Å². The molecule has 3 heteroatoms. The highest BCUT2D eigenvalue weighted by Gasteiger charge is 2.03. The molecule has 0 saturated heterocycles. The van der Waals surface area contributed by atoms with Gasteiger partial charge in [-0.2, -0.15) is 0 Å². The molecule has 0 bridgehead atoms. The van der Waals surface area contributed by atoms with Crippen molar-refractivity contribution < 1.29 is 14.6 Å². The van der Waals surface area contributed by atoms with Gasteiger partial charge in [0.25, 0.3) is 0 Å². The third-order valence-corrected chi connectivity index (χ3v) is 1.22. The van der Waals surface area contributed by atoms with E-state index in [1.165, 1.54) is 0 Å². The van der Waals surface area contributed by atoms with Gasteiger partial charge < -0.3 is 9.84 Å². The molecule has 0 rings (SSSR count). The van der Waals surface area contributed by atoms with Crippen molar-refractivity contribution in [3.05, 3.63) is 0 Å². The van der Waals surface area contributed by atoms with E-state index in [0.29, 0.717) is 13.0 Å². The number of ether oxygens (including phenoxy) is 1. The Morgan fingerprint density at radius 2 is 2.30 bits per heavy atom. The van der Waals surface area contributed by atoms with E-state index >= 15 is 0 Å². The van der Waals surface area contributed by atoms with Crippen LogP contribution in [-0.2, 0) is 9.53 Å². The van der Waals surface area contributed by atoms with E-state index in [2.05, 4.69) is 0 Å². The molecule has 10 heavy (non-hydrogen) atoms. The first-order valence-corrected chi connectivity index (χ1v) is 3.50. The van der Waals surface area contributed by atoms with E-state index in [1.807, 2.05) is 13.8 Å². The molecule has 0 aliphatic heterocycles. The van der Waals surface area contributed by atoms with Gasteiger partial charge in [-0.15, -0.1) is 0 Å². The average molecular weight is 146 g/mol. The third-order valence-electron chi connectivity index (χ3n) is 1.22. The number of carboxylic acid groups (broad SMARTS) is 1. The lowest BCUT2D eigenvalue weighted by Crippen LogP contribution is -2.09. The smallest absolute Gasteiger partial charge is 0.303 e. The summed E-state index contributed by atoms with van der Waals surface area (Å²) >= 11 is 0. The normalized spacial score (nSPS) is 13.0. The first-order chi connectivity index (χ1) is 4.66. The van der Waals surface area contributed by atoms with Gasteiger partial charge in [0, 0.05) is 13.0 Å². The summed E-state index contributed by atoms with van der Waals surface area (Å²) in [6.45, 7) is 4.44. The van der Waals surface area contributed by atoms with Crippen molar-refractivity contribution in [2.75, 3.05) is 6.61 Å². The molecule has 1 atom stereocenters. The van der Waals surface area contributed by atoms with Gasteiger partial charge in [0.05, 0.1) is 6.10 Å². The topological polar surface area (TPSA) is 46.5 Å². The Morgan fingerprint density at radius 1 is 1.70 bits per heavy atom. The molecule has 0 aliphatic rings. The van der Waals surface area contributed by atoms with Gasteiger partial charge in [0.2, 0.25) is 0 Å². The van der Waals surface area contributed by atoms with Crippen molar-refractivity contribution in [1.29, 1.82) is 0 Å². The van der Waals surface area contributed by atoms with Gasteiger partial charge in [-0.3, -0.25) is 4.79 Å². The zero-order valence-electron chi connectivity index (χ0n) is 6.46. The SMILES string of the molecule is CCOC(C)CCC(=O)O. The highest BCUT2D eigenvalue weighted by molar-refractivity contribution is 5.66. The molecule has 60 valence electrons. The molecular formula is C7H14O3. The minimum absolute atomic E-state index is 0.0705. The molecular weight excluding hydrogens is 132 g/mol. The molecule has 0 aromatic heterocycles. The first kappa shape index (κ1) is 9.43. The van der Waals surface area contributed by atoms with Crippen LogP contribution in [-0.4, -0.2) is 23.8 Å². The summed E-state index contributed by atoms with van der Waals surface area (Å²) < 4.78 is 5.13. The van der Waals surface area contributed by atoms with Gasteiger partial charge >= 0.3 is 5.97 Å². The lowest BCUT2D eigenvalue weighted by atomic mass is 10.2. The summed E-state index contributed by atoms with van der Waals surface area (Å²) in [5.74, 6) is -0.758. The van der Waals surface area contributed by atoms with E-state index < -0.39 is 5.97 Å². The highest BCUT2D eigenvalue weighted by atomic mass is 16.5. The minimum Gasteiger partial charge on any atom is -0.481 e. The number of carboxylic acids is 1. The summed E-state index contributed by atoms with van der Waals surface area (Å²) in [6.07, 6.45) is 0.866. The lowest BCUT2D eigenvalue weighted by Gasteiger charge is -2.08. The molecule has 0 radical (unpaired) electrons. The predicted octanol–water partition coefficient (Wildman–Crippen LogP) is 1.28. The van der Waals surface area contributed by atoms with E-state index in [4.69, 9.17) is 9.84 Å². The molecule has 1 N–H and O–H groups in total. The van der Waals surface area contributed by atoms with Gasteiger partial charge in [-0.05, 0) is 20.3 Å². The fourth-order valence-corrected chi connectivity index (χ4v) is 0.695. The predicted molar refractivity (Wildman–Crippen MR) is 38.0 cm³/mol. The Labute approximate surface area is 61.0 Å². The summed E-state index contributed by atoms with van der Waals surface area (Å²) in [7, 11) is 0. The van der Waals surface area contributed by atoms with Crippen LogP contribution in [0, 0.1) is 0 Å². The Balaban J connectivity index is 3.21. The Morgan fingerprint density at radius 3 is 2.70 bits per heavy atom. The summed E-state index contributed by atoms with van der Waals surface area (Å²) in [5.41, 5.74) is 0. The second-order valence-corrected chi connectivity index (χ2v) is 2.20. The number of carbonyl (C=O) groups is 1. The summed E-state index contributed by atoms with van der Waals surface area (Å²) in [6, 6.07) is 0. The van der Waals surface area contributed by atoms with E-state index in [-0.39, 0.29) is 12.5 Å². The fourth-order valence-electron chi connectivity index (χ4n) is 0.695. The lowest BCUT2D eigenvalue weighted by molar-refractivity contribution is -0.137. The maximum Gasteiger partial charge on any atom is 0.303 e. The van der Waals surface area contributed by atoms with Crippen LogP contribution in [0.3, 0.4) is 0 Å². The van der Waals surface area contributed by atoms with Gasteiger partial charge in [-0.1, -0.05) is 0 Å². The maximum absolute atomic E-state index is 10.1. The number of hydrogen-bond donors (Lipinski definition) is 1. The average Bonchev–Trinajstić information content (AvgIpc) is 1.85. The van der Waals surface area contributed by atoms with Crippen LogP contribution >= 0.6 is 0 Å². The molecule has 0 fully saturated rings. The molecule has 1 unspecified atom stereocenters. The molecule has 0 aromatic rings. The van der Waals surface area contributed by atoms with Crippen molar-refractivity contribution in [2.24, 2.45) is 0 Å². The van der Waals surface area contributed by atoms with Crippen LogP contribution in [0.5, 0.6) is 0 Å². The number of rotatable bonds is 5. The second kappa shape index (κ2) is 5.23. The summed E-state index contributed by atoms with van der Waals surface area (Å²) in [4.78, 5) is 10.1. The number of hydrogen-bond acceptors (Lipinski definition) is 2. The molecule has 0 aromatic carbocycles. The van der Waals surface area contributed by atoms with Crippen LogP contribution in [0.1, 0.15) is 26.7 Å². The van der Waals surface area contributed by atoms with Crippen molar-refractivity contribution >= 4 is 5.97 Å². The van der Waals surface area contributed by atoms with Crippen LogP contribution < -0.4 is 0 Å². The van der Waals surface area contributed by atoms with Gasteiger partial charge in [0.1, 0.15) is 0 Å². The Kier molecular flexibility index (Phi) is 4.94. The molecule has 0 heterocycles. The summed E-state index contributed by atoms with van der Waals surface area (Å²) in [5, 5.41) is 8.28. The minimum atomic E-state index is -0.758. The van der Waals surface area contributed by atoms with Crippen molar-refractivity contribution in [3.8, 4) is 0 Å². The molecule has 0 spiro atoms. The zero-order valence-corrected chi connectivity index (χ0v) is 6.46. The van der Waals surface area contributed by atoms with Crippen LogP contribution in [0.4, 0.5) is 0 Å². The fraction of sp³-hybridized carbons (Fsp3) is 0.857. The van der Waals surface area contributed by atoms with Gasteiger partial charge in [-0.25, -0.2) is 0 Å². The van der Waals surface area contributed by atoms with Crippen LogP contribution in [0.2, 0.25) is 0 Å². The first-order valence-electron chi connectivity index (χ1n) is 3.50. The van der Waals surface area contributed by atoms with E-state index in [0.717, 1.165) is 0 Å². The van der Waals surface area contributed by atoms with E-state index in [1.54, 1.807) is 0 Å². The van der Waals surface area contributed by atoms with E-state index in [9.17, 15) is 4.79 Å². The van der Waals surface area contributed by atoms with Crippen LogP contribution in [0.25, 0.3) is 0 Å². The largest absolute Gasteiger partial charge is 0.481 e.